The maximum Gasteiger partial charge on any atom is 0.0602 e. The Labute approximate surface area is 79.0 Å². The Hall–Kier alpha value is -0.370. The highest BCUT2D eigenvalue weighted by atomic mass is 32.1. The third kappa shape index (κ3) is 1.69. The van der Waals surface area contributed by atoms with Gasteiger partial charge in [0, 0.05) is 4.88 Å². The SMILES string of the molecule is CCc1snc(C(C)C)c1CC. The Balaban J connectivity index is 3.05. The van der Waals surface area contributed by atoms with Crippen molar-refractivity contribution in [2.24, 2.45) is 0 Å². The van der Waals surface area contributed by atoms with Crippen molar-refractivity contribution in [1.82, 2.24) is 4.37 Å². The number of hydrogen-bond donors (Lipinski definition) is 0. The average molecular weight is 183 g/mol. The van der Waals surface area contributed by atoms with Gasteiger partial charge in [0.05, 0.1) is 5.69 Å². The Morgan fingerprint density at radius 1 is 1.25 bits per heavy atom. The Bertz CT molecular complexity index is 250. The van der Waals surface area contributed by atoms with Gasteiger partial charge in [-0.1, -0.05) is 27.7 Å². The zero-order chi connectivity index (χ0) is 9.14. The van der Waals surface area contributed by atoms with Crippen molar-refractivity contribution in [3.05, 3.63) is 16.1 Å². The van der Waals surface area contributed by atoms with Gasteiger partial charge in [0.2, 0.25) is 0 Å². The third-order valence-corrected chi connectivity index (χ3v) is 3.16. The minimum atomic E-state index is 0.580. The molecule has 0 unspecified atom stereocenters. The standard InChI is InChI=1S/C10H17NS/c1-5-8-9(6-2)12-11-10(8)7(3)4/h7H,5-6H2,1-4H3. The maximum atomic E-state index is 4.50. The van der Waals surface area contributed by atoms with Crippen LogP contribution >= 0.6 is 11.5 Å². The average Bonchev–Trinajstić information content (AvgIpc) is 2.46. The smallest absolute Gasteiger partial charge is 0.0602 e. The van der Waals surface area contributed by atoms with Crippen LogP contribution in [0.25, 0.3) is 0 Å². The van der Waals surface area contributed by atoms with Crippen LogP contribution in [0.1, 0.15) is 49.7 Å². The van der Waals surface area contributed by atoms with E-state index in [4.69, 9.17) is 0 Å². The second-order valence-electron chi connectivity index (χ2n) is 3.33. The molecule has 1 heterocycles. The third-order valence-electron chi connectivity index (χ3n) is 2.12. The Kier molecular flexibility index (Phi) is 3.27. The van der Waals surface area contributed by atoms with E-state index < -0.39 is 0 Å². The van der Waals surface area contributed by atoms with Gasteiger partial charge in [-0.3, -0.25) is 0 Å². The molecule has 1 aromatic rings. The lowest BCUT2D eigenvalue weighted by Gasteiger charge is -2.04. The molecule has 0 aliphatic carbocycles. The molecule has 0 saturated heterocycles. The molecule has 0 aliphatic rings. The van der Waals surface area contributed by atoms with Crippen LogP contribution < -0.4 is 0 Å². The number of nitrogens with zero attached hydrogens (tertiary/aromatic N) is 1. The zero-order valence-corrected chi connectivity index (χ0v) is 9.16. The molecule has 0 aromatic carbocycles. The first-order valence-electron chi connectivity index (χ1n) is 4.68. The summed E-state index contributed by atoms with van der Waals surface area (Å²) in [7, 11) is 0. The van der Waals surface area contributed by atoms with E-state index in [1.165, 1.54) is 16.1 Å². The van der Waals surface area contributed by atoms with E-state index in [1.54, 1.807) is 11.5 Å². The molecule has 0 atom stereocenters. The van der Waals surface area contributed by atoms with Crippen molar-refractivity contribution >= 4 is 11.5 Å². The molecule has 68 valence electrons. The summed E-state index contributed by atoms with van der Waals surface area (Å²) < 4.78 is 4.50. The van der Waals surface area contributed by atoms with E-state index in [1.807, 2.05) is 0 Å². The Morgan fingerprint density at radius 2 is 1.92 bits per heavy atom. The summed E-state index contributed by atoms with van der Waals surface area (Å²) in [5.74, 6) is 0.580. The molecule has 0 amide bonds. The van der Waals surface area contributed by atoms with Crippen molar-refractivity contribution in [3.8, 4) is 0 Å². The number of hydrogen-bond acceptors (Lipinski definition) is 2. The molecule has 0 bridgehead atoms. The first kappa shape index (κ1) is 9.72. The molecule has 0 aliphatic heterocycles. The molecular weight excluding hydrogens is 166 g/mol. The maximum absolute atomic E-state index is 4.50. The van der Waals surface area contributed by atoms with Crippen LogP contribution in [0.3, 0.4) is 0 Å². The van der Waals surface area contributed by atoms with Crippen molar-refractivity contribution in [2.75, 3.05) is 0 Å². The fourth-order valence-corrected chi connectivity index (χ4v) is 2.49. The Morgan fingerprint density at radius 3 is 2.33 bits per heavy atom. The van der Waals surface area contributed by atoms with Crippen molar-refractivity contribution < 1.29 is 0 Å². The highest BCUT2D eigenvalue weighted by Crippen LogP contribution is 2.25. The lowest BCUT2D eigenvalue weighted by Crippen LogP contribution is -1.94. The highest BCUT2D eigenvalue weighted by molar-refractivity contribution is 7.06. The molecule has 0 N–H and O–H groups in total. The minimum Gasteiger partial charge on any atom is -0.197 e. The summed E-state index contributed by atoms with van der Waals surface area (Å²) in [6.45, 7) is 8.85. The van der Waals surface area contributed by atoms with Gasteiger partial charge in [-0.15, -0.1) is 0 Å². The van der Waals surface area contributed by atoms with Gasteiger partial charge in [0.25, 0.3) is 0 Å². The molecule has 2 heteroatoms. The molecule has 1 rings (SSSR count). The topological polar surface area (TPSA) is 12.9 Å². The molecule has 1 aromatic heterocycles. The van der Waals surface area contributed by atoms with Crippen LogP contribution in [0.15, 0.2) is 0 Å². The quantitative estimate of drug-likeness (QED) is 0.700. The number of aryl methyl sites for hydroxylation is 1. The van der Waals surface area contributed by atoms with Gasteiger partial charge in [0.1, 0.15) is 0 Å². The van der Waals surface area contributed by atoms with Gasteiger partial charge >= 0.3 is 0 Å². The van der Waals surface area contributed by atoms with Crippen molar-refractivity contribution in [3.63, 3.8) is 0 Å². The fourth-order valence-electron chi connectivity index (χ4n) is 1.47. The minimum absolute atomic E-state index is 0.580. The molecule has 12 heavy (non-hydrogen) atoms. The van der Waals surface area contributed by atoms with Crippen LogP contribution in [0.2, 0.25) is 0 Å². The number of aromatic nitrogens is 1. The summed E-state index contributed by atoms with van der Waals surface area (Å²) in [4.78, 5) is 1.47. The van der Waals surface area contributed by atoms with Gasteiger partial charge < -0.3 is 0 Å². The summed E-state index contributed by atoms with van der Waals surface area (Å²) in [5, 5.41) is 0. The van der Waals surface area contributed by atoms with Gasteiger partial charge in [-0.05, 0) is 35.9 Å². The molecular formula is C10H17NS. The summed E-state index contributed by atoms with van der Waals surface area (Å²) in [6, 6.07) is 0. The van der Waals surface area contributed by atoms with Crippen LogP contribution in [0, 0.1) is 0 Å². The van der Waals surface area contributed by atoms with Gasteiger partial charge in [-0.2, -0.15) is 4.37 Å². The molecule has 0 fully saturated rings. The molecule has 0 radical (unpaired) electrons. The van der Waals surface area contributed by atoms with Crippen LogP contribution in [0.4, 0.5) is 0 Å². The van der Waals surface area contributed by atoms with E-state index in [2.05, 4.69) is 32.1 Å². The van der Waals surface area contributed by atoms with Crippen molar-refractivity contribution in [1.29, 1.82) is 0 Å². The van der Waals surface area contributed by atoms with Gasteiger partial charge in [-0.25, -0.2) is 0 Å². The van der Waals surface area contributed by atoms with E-state index in [-0.39, 0.29) is 0 Å². The predicted molar refractivity (Wildman–Crippen MR) is 55.0 cm³/mol. The van der Waals surface area contributed by atoms with Crippen LogP contribution in [-0.2, 0) is 12.8 Å². The lowest BCUT2D eigenvalue weighted by molar-refractivity contribution is 0.816. The summed E-state index contributed by atoms with van der Waals surface area (Å²) in [6.07, 6.45) is 2.26. The van der Waals surface area contributed by atoms with Gasteiger partial charge in [0.15, 0.2) is 0 Å². The summed E-state index contributed by atoms with van der Waals surface area (Å²) in [5.41, 5.74) is 2.82. The largest absolute Gasteiger partial charge is 0.197 e. The second-order valence-corrected chi connectivity index (χ2v) is 4.19. The van der Waals surface area contributed by atoms with E-state index in [9.17, 15) is 0 Å². The van der Waals surface area contributed by atoms with Crippen LogP contribution in [0.5, 0.6) is 0 Å². The van der Waals surface area contributed by atoms with Crippen molar-refractivity contribution in [2.45, 2.75) is 46.5 Å². The first-order valence-corrected chi connectivity index (χ1v) is 5.45. The fraction of sp³-hybridized carbons (Fsp3) is 0.700. The van der Waals surface area contributed by atoms with E-state index in [0.717, 1.165) is 12.8 Å². The lowest BCUT2D eigenvalue weighted by atomic mass is 10.0. The van der Waals surface area contributed by atoms with E-state index >= 15 is 0 Å². The predicted octanol–water partition coefficient (Wildman–Crippen LogP) is 3.39. The molecule has 0 saturated carbocycles. The zero-order valence-electron chi connectivity index (χ0n) is 8.35. The molecule has 1 nitrogen and oxygen atoms in total. The summed E-state index contributed by atoms with van der Waals surface area (Å²) >= 11 is 1.68. The van der Waals surface area contributed by atoms with Crippen LogP contribution in [-0.4, -0.2) is 4.37 Å². The second kappa shape index (κ2) is 4.04. The highest BCUT2D eigenvalue weighted by Gasteiger charge is 2.12. The molecule has 0 spiro atoms. The normalized spacial score (nSPS) is 11.1. The monoisotopic (exact) mass is 183 g/mol. The first-order chi connectivity index (χ1) is 5.70. The van der Waals surface area contributed by atoms with E-state index in [0.29, 0.717) is 5.92 Å². The number of rotatable bonds is 3.